The van der Waals surface area contributed by atoms with Crippen LogP contribution in [-0.2, 0) is 6.42 Å². The molecular weight excluding hydrogens is 479 g/mol. The lowest BCUT2D eigenvalue weighted by molar-refractivity contribution is 0.0827. The third-order valence-corrected chi connectivity index (χ3v) is 5.14. The molecule has 1 aliphatic heterocycles. The molecule has 2 rings (SSSR count). The standard InChI is InChI=1S/C21H36N6O.HI/c1-5-26-13-15-27(16-14-26)12-11-24-21(22-2)23-10-9-18-7-6-8-19(17-18)20(28)25(3)4;/h6-8,17H,5,9-16H2,1-4H3,(H2,22,23,24);1H. The molecular formula is C21H37IN6O. The fourth-order valence-corrected chi connectivity index (χ4v) is 3.33. The van der Waals surface area contributed by atoms with Gasteiger partial charge in [-0.25, -0.2) is 0 Å². The van der Waals surface area contributed by atoms with Crippen LogP contribution in [0.15, 0.2) is 29.3 Å². The number of halogens is 1. The van der Waals surface area contributed by atoms with Crippen molar-refractivity contribution in [3.8, 4) is 0 Å². The van der Waals surface area contributed by atoms with Gasteiger partial charge in [-0.15, -0.1) is 24.0 Å². The van der Waals surface area contributed by atoms with E-state index in [-0.39, 0.29) is 29.9 Å². The average Bonchev–Trinajstić information content (AvgIpc) is 2.72. The van der Waals surface area contributed by atoms with Gasteiger partial charge in [-0.3, -0.25) is 14.7 Å². The lowest BCUT2D eigenvalue weighted by Crippen LogP contribution is -2.49. The Morgan fingerprint density at radius 2 is 1.76 bits per heavy atom. The molecule has 1 aromatic rings. The Hall–Kier alpha value is -1.39. The smallest absolute Gasteiger partial charge is 0.253 e. The Kier molecular flexibility index (Phi) is 12.2. The van der Waals surface area contributed by atoms with Gasteiger partial charge < -0.3 is 20.4 Å². The van der Waals surface area contributed by atoms with Crippen LogP contribution in [-0.4, -0.2) is 100 Å². The molecule has 0 aromatic heterocycles. The SMILES string of the molecule is CCN1CCN(CCNC(=NC)NCCc2cccc(C(=O)N(C)C)c2)CC1.I. The first-order valence-corrected chi connectivity index (χ1v) is 10.2. The molecule has 1 saturated heterocycles. The van der Waals surface area contributed by atoms with E-state index in [0.717, 1.165) is 62.8 Å². The zero-order chi connectivity index (χ0) is 20.4. The molecule has 0 unspecified atom stereocenters. The molecule has 1 heterocycles. The van der Waals surface area contributed by atoms with Gasteiger partial charge in [-0.1, -0.05) is 19.1 Å². The van der Waals surface area contributed by atoms with E-state index in [2.05, 4.69) is 38.4 Å². The number of piperazine rings is 1. The van der Waals surface area contributed by atoms with Gasteiger partial charge in [0.1, 0.15) is 0 Å². The second kappa shape index (κ2) is 13.8. The third kappa shape index (κ3) is 8.88. The number of carbonyl (C=O) groups excluding carboxylic acids is 1. The highest BCUT2D eigenvalue weighted by Crippen LogP contribution is 2.07. The topological polar surface area (TPSA) is 63.2 Å². The summed E-state index contributed by atoms with van der Waals surface area (Å²) in [6.45, 7) is 10.7. The monoisotopic (exact) mass is 516 g/mol. The van der Waals surface area contributed by atoms with Gasteiger partial charge in [0.2, 0.25) is 0 Å². The molecule has 8 heteroatoms. The van der Waals surface area contributed by atoms with Gasteiger partial charge in [0, 0.05) is 72.5 Å². The number of carbonyl (C=O) groups is 1. The van der Waals surface area contributed by atoms with Crippen LogP contribution in [0.4, 0.5) is 0 Å². The summed E-state index contributed by atoms with van der Waals surface area (Å²) in [5, 5.41) is 6.76. The molecule has 1 fully saturated rings. The average molecular weight is 516 g/mol. The number of hydrogen-bond acceptors (Lipinski definition) is 4. The Balaban J connectivity index is 0.00000420. The summed E-state index contributed by atoms with van der Waals surface area (Å²) in [6.07, 6.45) is 0.841. The van der Waals surface area contributed by atoms with Gasteiger partial charge >= 0.3 is 0 Å². The summed E-state index contributed by atoms with van der Waals surface area (Å²) in [5.41, 5.74) is 1.87. The highest BCUT2D eigenvalue weighted by Gasteiger charge is 2.14. The number of nitrogens with one attached hydrogen (secondary N) is 2. The fraction of sp³-hybridized carbons (Fsp3) is 0.619. The van der Waals surface area contributed by atoms with Crippen molar-refractivity contribution >= 4 is 35.8 Å². The van der Waals surface area contributed by atoms with Crippen molar-refractivity contribution in [1.29, 1.82) is 0 Å². The first-order chi connectivity index (χ1) is 13.5. The molecule has 2 N–H and O–H groups in total. The lowest BCUT2D eigenvalue weighted by Gasteiger charge is -2.34. The van der Waals surface area contributed by atoms with Crippen LogP contribution in [0.5, 0.6) is 0 Å². The van der Waals surface area contributed by atoms with Gasteiger partial charge in [-0.2, -0.15) is 0 Å². The van der Waals surface area contributed by atoms with Gasteiger partial charge in [0.05, 0.1) is 0 Å². The molecule has 1 aliphatic rings. The number of nitrogens with zero attached hydrogens (tertiary/aromatic N) is 4. The first kappa shape index (κ1) is 25.6. The molecule has 1 aromatic carbocycles. The predicted octanol–water partition coefficient (Wildman–Crippen LogP) is 1.35. The lowest BCUT2D eigenvalue weighted by atomic mass is 10.1. The summed E-state index contributed by atoms with van der Waals surface area (Å²) in [6, 6.07) is 7.83. The molecule has 29 heavy (non-hydrogen) atoms. The zero-order valence-electron chi connectivity index (χ0n) is 18.3. The summed E-state index contributed by atoms with van der Waals surface area (Å²) in [7, 11) is 5.34. The second-order valence-corrected chi connectivity index (χ2v) is 7.35. The summed E-state index contributed by atoms with van der Waals surface area (Å²) in [4.78, 5) is 23.0. The van der Waals surface area contributed by atoms with E-state index >= 15 is 0 Å². The Labute approximate surface area is 192 Å². The van der Waals surface area contributed by atoms with E-state index in [9.17, 15) is 4.79 Å². The fourth-order valence-electron chi connectivity index (χ4n) is 3.33. The van der Waals surface area contributed by atoms with E-state index in [1.807, 2.05) is 18.2 Å². The van der Waals surface area contributed by atoms with Crippen LogP contribution in [0.25, 0.3) is 0 Å². The predicted molar refractivity (Wildman–Crippen MR) is 131 cm³/mol. The van der Waals surface area contributed by atoms with Crippen molar-refractivity contribution in [2.24, 2.45) is 4.99 Å². The van der Waals surface area contributed by atoms with E-state index < -0.39 is 0 Å². The van der Waals surface area contributed by atoms with Gasteiger partial charge in [0.15, 0.2) is 5.96 Å². The summed E-state index contributed by atoms with van der Waals surface area (Å²) >= 11 is 0. The molecule has 0 aliphatic carbocycles. The molecule has 1 amide bonds. The van der Waals surface area contributed by atoms with E-state index in [1.54, 1.807) is 26.0 Å². The van der Waals surface area contributed by atoms with Crippen molar-refractivity contribution in [3.05, 3.63) is 35.4 Å². The Morgan fingerprint density at radius 3 is 2.38 bits per heavy atom. The minimum atomic E-state index is 0. The van der Waals surface area contributed by atoms with Crippen LogP contribution in [0.2, 0.25) is 0 Å². The summed E-state index contributed by atoms with van der Waals surface area (Å²) < 4.78 is 0. The zero-order valence-corrected chi connectivity index (χ0v) is 20.6. The van der Waals surface area contributed by atoms with Gasteiger partial charge in [0.25, 0.3) is 5.91 Å². The molecule has 0 bridgehead atoms. The van der Waals surface area contributed by atoms with Crippen LogP contribution in [0, 0.1) is 0 Å². The Morgan fingerprint density at radius 1 is 1.10 bits per heavy atom. The Bertz CT molecular complexity index is 644. The normalized spacial score (nSPS) is 15.5. The number of guanidine groups is 1. The van der Waals surface area contributed by atoms with E-state index in [4.69, 9.17) is 0 Å². The molecule has 0 saturated carbocycles. The maximum atomic E-state index is 12.1. The molecule has 164 valence electrons. The number of likely N-dealkylation sites (N-methyl/N-ethyl adjacent to an activating group) is 1. The number of aliphatic imine (C=N–C) groups is 1. The van der Waals surface area contributed by atoms with Crippen LogP contribution >= 0.6 is 24.0 Å². The van der Waals surface area contributed by atoms with Crippen molar-refractivity contribution in [3.63, 3.8) is 0 Å². The summed E-state index contributed by atoms with van der Waals surface area (Å²) in [5.74, 6) is 0.861. The van der Waals surface area contributed by atoms with E-state index in [1.165, 1.54) is 13.1 Å². The second-order valence-electron chi connectivity index (χ2n) is 7.35. The molecule has 0 radical (unpaired) electrons. The first-order valence-electron chi connectivity index (χ1n) is 10.2. The van der Waals surface area contributed by atoms with Crippen molar-refractivity contribution in [2.75, 3.05) is 73.5 Å². The minimum Gasteiger partial charge on any atom is -0.356 e. The third-order valence-electron chi connectivity index (χ3n) is 5.14. The van der Waals surface area contributed by atoms with Crippen LogP contribution in [0.1, 0.15) is 22.8 Å². The highest BCUT2D eigenvalue weighted by atomic mass is 127. The highest BCUT2D eigenvalue weighted by molar-refractivity contribution is 14.0. The number of amides is 1. The number of rotatable bonds is 8. The number of benzene rings is 1. The molecule has 0 atom stereocenters. The maximum absolute atomic E-state index is 12.1. The van der Waals surface area contributed by atoms with Gasteiger partial charge in [-0.05, 0) is 30.7 Å². The van der Waals surface area contributed by atoms with Crippen LogP contribution < -0.4 is 10.6 Å². The number of hydrogen-bond donors (Lipinski definition) is 2. The van der Waals surface area contributed by atoms with Crippen molar-refractivity contribution < 1.29 is 4.79 Å². The maximum Gasteiger partial charge on any atom is 0.253 e. The van der Waals surface area contributed by atoms with E-state index in [0.29, 0.717) is 0 Å². The van der Waals surface area contributed by atoms with Crippen molar-refractivity contribution in [2.45, 2.75) is 13.3 Å². The largest absolute Gasteiger partial charge is 0.356 e. The van der Waals surface area contributed by atoms with Crippen molar-refractivity contribution in [1.82, 2.24) is 25.3 Å². The quantitative estimate of drug-likeness (QED) is 0.311. The minimum absolute atomic E-state index is 0. The van der Waals surface area contributed by atoms with Crippen LogP contribution in [0.3, 0.4) is 0 Å². The molecule has 0 spiro atoms. The molecule has 7 nitrogen and oxygen atoms in total.